The third-order valence-corrected chi connectivity index (χ3v) is 6.16. The van der Waals surface area contributed by atoms with Crippen LogP contribution in [0.5, 0.6) is 0 Å². The predicted molar refractivity (Wildman–Crippen MR) is 116 cm³/mol. The Morgan fingerprint density at radius 1 is 0.967 bits per heavy atom. The van der Waals surface area contributed by atoms with Crippen molar-refractivity contribution in [1.29, 1.82) is 0 Å². The summed E-state index contributed by atoms with van der Waals surface area (Å²) >= 11 is 0. The average molecular weight is 427 g/mol. The van der Waals surface area contributed by atoms with Gasteiger partial charge in [0.2, 0.25) is 10.0 Å². The summed E-state index contributed by atoms with van der Waals surface area (Å²) in [7, 11) is -3.59. The highest BCUT2D eigenvalue weighted by Gasteiger charge is 2.13. The molecule has 1 amide bonds. The van der Waals surface area contributed by atoms with E-state index < -0.39 is 10.0 Å². The number of nitrogens with zero attached hydrogens (tertiary/aromatic N) is 2. The van der Waals surface area contributed by atoms with Crippen LogP contribution in [0.15, 0.2) is 59.5 Å². The summed E-state index contributed by atoms with van der Waals surface area (Å²) in [6.07, 6.45) is 0. The molecule has 0 unspecified atom stereocenters. The van der Waals surface area contributed by atoms with Crippen LogP contribution in [0.4, 0.5) is 0 Å². The summed E-state index contributed by atoms with van der Waals surface area (Å²) in [5.41, 5.74) is 4.61. The van der Waals surface area contributed by atoms with Crippen LogP contribution in [0.3, 0.4) is 0 Å². The van der Waals surface area contributed by atoms with E-state index in [2.05, 4.69) is 15.1 Å². The molecule has 7 nitrogen and oxygen atoms in total. The van der Waals surface area contributed by atoms with E-state index >= 15 is 0 Å². The normalized spacial score (nSPS) is 11.4. The molecule has 8 heteroatoms. The highest BCUT2D eigenvalue weighted by Crippen LogP contribution is 2.10. The topological polar surface area (TPSA) is 93.1 Å². The van der Waals surface area contributed by atoms with Gasteiger partial charge in [0.1, 0.15) is 0 Å². The molecular weight excluding hydrogens is 400 g/mol. The van der Waals surface area contributed by atoms with Gasteiger partial charge in [0.05, 0.1) is 17.1 Å². The first-order valence-corrected chi connectivity index (χ1v) is 11.2. The SMILES string of the molecule is Cc1ccc(S(=O)(=O)NCCNC(=O)c2ccc(Cn3nc(C)cc3C)cc2)cc1. The molecule has 2 N–H and O–H groups in total. The molecule has 2 aromatic carbocycles. The van der Waals surface area contributed by atoms with E-state index in [1.807, 2.05) is 43.7 Å². The van der Waals surface area contributed by atoms with Gasteiger partial charge >= 0.3 is 0 Å². The minimum Gasteiger partial charge on any atom is -0.351 e. The smallest absolute Gasteiger partial charge is 0.251 e. The second-order valence-corrected chi connectivity index (χ2v) is 9.02. The van der Waals surface area contributed by atoms with E-state index in [4.69, 9.17) is 0 Å². The lowest BCUT2D eigenvalue weighted by molar-refractivity contribution is 0.0954. The fraction of sp³-hybridized carbons (Fsp3) is 0.273. The maximum Gasteiger partial charge on any atom is 0.251 e. The van der Waals surface area contributed by atoms with Crippen LogP contribution >= 0.6 is 0 Å². The summed E-state index contributed by atoms with van der Waals surface area (Å²) < 4.78 is 28.9. The predicted octanol–water partition coefficient (Wildman–Crippen LogP) is 2.56. The molecule has 0 bridgehead atoms. The Morgan fingerprint density at radius 3 is 2.23 bits per heavy atom. The average Bonchev–Trinajstić information content (AvgIpc) is 3.02. The van der Waals surface area contributed by atoms with Crippen molar-refractivity contribution < 1.29 is 13.2 Å². The van der Waals surface area contributed by atoms with Crippen molar-refractivity contribution in [3.63, 3.8) is 0 Å². The number of carbonyl (C=O) groups is 1. The largest absolute Gasteiger partial charge is 0.351 e. The standard InChI is InChI=1S/C22H26N4O3S/c1-16-4-10-21(11-5-16)30(28,29)24-13-12-23-22(27)20-8-6-19(7-9-20)15-26-18(3)14-17(2)25-26/h4-11,14,24H,12-13,15H2,1-3H3,(H,23,27). The molecular formula is C22H26N4O3S. The molecule has 0 fully saturated rings. The van der Waals surface area contributed by atoms with Crippen molar-refractivity contribution in [3.05, 3.63) is 82.7 Å². The number of aromatic nitrogens is 2. The zero-order valence-electron chi connectivity index (χ0n) is 17.3. The lowest BCUT2D eigenvalue weighted by Crippen LogP contribution is -2.34. The number of rotatable bonds is 8. The van der Waals surface area contributed by atoms with Gasteiger partial charge < -0.3 is 5.32 Å². The summed E-state index contributed by atoms with van der Waals surface area (Å²) in [6.45, 7) is 6.80. The zero-order valence-corrected chi connectivity index (χ0v) is 18.2. The van der Waals surface area contributed by atoms with E-state index in [1.165, 1.54) is 0 Å². The molecule has 0 saturated heterocycles. The van der Waals surface area contributed by atoms with Gasteiger partial charge in [0, 0.05) is 24.3 Å². The molecule has 0 saturated carbocycles. The molecule has 1 heterocycles. The van der Waals surface area contributed by atoms with Gasteiger partial charge in [-0.1, -0.05) is 29.8 Å². The molecule has 0 spiro atoms. The molecule has 30 heavy (non-hydrogen) atoms. The molecule has 158 valence electrons. The van der Waals surface area contributed by atoms with E-state index in [0.29, 0.717) is 12.1 Å². The number of benzene rings is 2. The maximum atomic E-state index is 12.3. The monoisotopic (exact) mass is 426 g/mol. The molecule has 0 atom stereocenters. The quantitative estimate of drug-likeness (QED) is 0.542. The highest BCUT2D eigenvalue weighted by atomic mass is 32.2. The van der Waals surface area contributed by atoms with E-state index in [9.17, 15) is 13.2 Å². The molecule has 3 rings (SSSR count). The van der Waals surface area contributed by atoms with E-state index in [1.54, 1.807) is 36.4 Å². The Morgan fingerprint density at radius 2 is 1.63 bits per heavy atom. The Bertz CT molecular complexity index is 1120. The number of aryl methyl sites for hydroxylation is 3. The molecule has 0 aliphatic rings. The Hall–Kier alpha value is -2.97. The summed E-state index contributed by atoms with van der Waals surface area (Å²) in [5.74, 6) is -0.248. The van der Waals surface area contributed by atoms with Crippen LogP contribution in [-0.4, -0.2) is 37.2 Å². The van der Waals surface area contributed by atoms with Crippen LogP contribution in [-0.2, 0) is 16.6 Å². The van der Waals surface area contributed by atoms with Gasteiger partial charge in [0.15, 0.2) is 0 Å². The van der Waals surface area contributed by atoms with Crippen LogP contribution in [0.2, 0.25) is 0 Å². The van der Waals surface area contributed by atoms with Gasteiger partial charge in [-0.3, -0.25) is 9.48 Å². The molecule has 0 aliphatic heterocycles. The maximum absolute atomic E-state index is 12.3. The Kier molecular flexibility index (Phi) is 6.69. The molecule has 1 aromatic heterocycles. The highest BCUT2D eigenvalue weighted by molar-refractivity contribution is 7.89. The summed E-state index contributed by atoms with van der Waals surface area (Å²) in [5, 5.41) is 7.17. The number of nitrogens with one attached hydrogen (secondary N) is 2. The Balaban J connectivity index is 1.49. The lowest BCUT2D eigenvalue weighted by Gasteiger charge is -2.09. The van der Waals surface area contributed by atoms with Crippen molar-refractivity contribution in [3.8, 4) is 0 Å². The van der Waals surface area contributed by atoms with Crippen LogP contribution in [0.25, 0.3) is 0 Å². The fourth-order valence-corrected chi connectivity index (χ4v) is 4.07. The molecule has 0 aliphatic carbocycles. The van der Waals surface area contributed by atoms with Crippen molar-refractivity contribution in [2.75, 3.05) is 13.1 Å². The van der Waals surface area contributed by atoms with Crippen molar-refractivity contribution in [2.45, 2.75) is 32.2 Å². The minimum atomic E-state index is -3.59. The van der Waals surface area contributed by atoms with Gasteiger partial charge in [-0.2, -0.15) is 5.10 Å². The van der Waals surface area contributed by atoms with Crippen LogP contribution in [0.1, 0.15) is 32.9 Å². The van der Waals surface area contributed by atoms with E-state index in [-0.39, 0.29) is 23.9 Å². The Labute approximate surface area is 177 Å². The third kappa shape index (κ3) is 5.55. The molecule has 0 radical (unpaired) electrons. The third-order valence-electron chi connectivity index (χ3n) is 4.69. The van der Waals surface area contributed by atoms with Gasteiger partial charge in [-0.25, -0.2) is 13.1 Å². The first-order valence-electron chi connectivity index (χ1n) is 9.69. The number of carbonyl (C=O) groups excluding carboxylic acids is 1. The minimum absolute atomic E-state index is 0.109. The van der Waals surface area contributed by atoms with Gasteiger partial charge in [-0.15, -0.1) is 0 Å². The zero-order chi connectivity index (χ0) is 21.7. The number of hydrogen-bond donors (Lipinski definition) is 2. The fourth-order valence-electron chi connectivity index (χ4n) is 3.03. The number of hydrogen-bond acceptors (Lipinski definition) is 4. The van der Waals surface area contributed by atoms with Crippen molar-refractivity contribution >= 4 is 15.9 Å². The first-order chi connectivity index (χ1) is 14.2. The van der Waals surface area contributed by atoms with Gasteiger partial charge in [-0.05, 0) is 56.7 Å². The van der Waals surface area contributed by atoms with Crippen LogP contribution in [0, 0.1) is 20.8 Å². The number of sulfonamides is 1. The first kappa shape index (κ1) is 21.7. The second-order valence-electron chi connectivity index (χ2n) is 7.25. The van der Waals surface area contributed by atoms with Crippen molar-refractivity contribution in [2.24, 2.45) is 0 Å². The second kappa shape index (κ2) is 9.23. The van der Waals surface area contributed by atoms with Crippen LogP contribution < -0.4 is 10.0 Å². The van der Waals surface area contributed by atoms with Gasteiger partial charge in [0.25, 0.3) is 5.91 Å². The van der Waals surface area contributed by atoms with Crippen molar-refractivity contribution in [1.82, 2.24) is 19.8 Å². The number of amides is 1. The van der Waals surface area contributed by atoms with E-state index in [0.717, 1.165) is 22.5 Å². The lowest BCUT2D eigenvalue weighted by atomic mass is 10.1. The molecule has 3 aromatic rings. The summed E-state index contributed by atoms with van der Waals surface area (Å²) in [4.78, 5) is 12.5. The summed E-state index contributed by atoms with van der Waals surface area (Å²) in [6, 6.07) is 15.9.